The van der Waals surface area contributed by atoms with Crippen LogP contribution in [0.3, 0.4) is 0 Å². The summed E-state index contributed by atoms with van der Waals surface area (Å²) < 4.78 is 7.88. The summed E-state index contributed by atoms with van der Waals surface area (Å²) in [6.07, 6.45) is 1.45. The molecule has 2 amide bonds. The van der Waals surface area contributed by atoms with Crippen LogP contribution < -0.4 is 11.1 Å². The number of para-hydroxylation sites is 2. The van der Waals surface area contributed by atoms with Gasteiger partial charge in [-0.25, -0.2) is 0 Å². The van der Waals surface area contributed by atoms with E-state index < -0.39 is 11.1 Å². The largest absolute Gasteiger partial charge is 0.459 e. The van der Waals surface area contributed by atoms with Gasteiger partial charge in [0.1, 0.15) is 6.54 Å². The molecule has 3 heterocycles. The number of rotatable bonds is 5. The van der Waals surface area contributed by atoms with E-state index in [1.807, 2.05) is 30.3 Å². The van der Waals surface area contributed by atoms with E-state index >= 15 is 0 Å². The van der Waals surface area contributed by atoms with Crippen LogP contribution in [-0.2, 0) is 17.9 Å². The predicted molar refractivity (Wildman–Crippen MR) is 129 cm³/mol. The number of amides is 2. The summed E-state index contributed by atoms with van der Waals surface area (Å²) in [6, 6.07) is 19.8. The van der Waals surface area contributed by atoms with Crippen LogP contribution in [-0.4, -0.2) is 56.9 Å². The summed E-state index contributed by atoms with van der Waals surface area (Å²) in [5.41, 5.74) is 0.597. The van der Waals surface area contributed by atoms with Gasteiger partial charge in [-0.3, -0.25) is 28.3 Å². The maximum atomic E-state index is 13.1. The fourth-order valence-electron chi connectivity index (χ4n) is 4.40. The average molecular weight is 473 g/mol. The molecule has 35 heavy (non-hydrogen) atoms. The number of fused-ring (bicyclic) bond motifs is 1. The molecule has 9 nitrogen and oxygen atoms in total. The first-order valence-electron chi connectivity index (χ1n) is 11.4. The van der Waals surface area contributed by atoms with Crippen molar-refractivity contribution in [2.45, 2.75) is 13.1 Å². The first kappa shape index (κ1) is 22.4. The molecule has 178 valence electrons. The van der Waals surface area contributed by atoms with Crippen molar-refractivity contribution in [3.05, 3.63) is 105 Å². The number of aromatic nitrogens is 2. The minimum atomic E-state index is -0.736. The monoisotopic (exact) mass is 472 g/mol. The Balaban J connectivity index is 1.37. The number of carbonyl (C=O) groups excluding carboxylic acids is 2. The summed E-state index contributed by atoms with van der Waals surface area (Å²) in [5, 5.41) is 0. The minimum absolute atomic E-state index is 0.216. The molecule has 1 fully saturated rings. The Bertz CT molecular complexity index is 1480. The van der Waals surface area contributed by atoms with Crippen molar-refractivity contribution in [3.8, 4) is 0 Å². The second-order valence-electron chi connectivity index (χ2n) is 8.41. The van der Waals surface area contributed by atoms with Gasteiger partial charge >= 0.3 is 11.1 Å². The van der Waals surface area contributed by atoms with Gasteiger partial charge in [-0.2, -0.15) is 0 Å². The van der Waals surface area contributed by atoms with Gasteiger partial charge in [0.25, 0.3) is 5.91 Å². The number of hydrogen-bond acceptors (Lipinski definition) is 5. The maximum Gasteiger partial charge on any atom is 0.317 e. The lowest BCUT2D eigenvalue weighted by molar-refractivity contribution is -0.133. The van der Waals surface area contributed by atoms with Crippen molar-refractivity contribution in [1.29, 1.82) is 0 Å². The second kappa shape index (κ2) is 9.46. The summed E-state index contributed by atoms with van der Waals surface area (Å²) >= 11 is 0. The van der Waals surface area contributed by atoms with Crippen LogP contribution in [0.15, 0.2) is 87.0 Å². The number of hydrogen-bond donors (Lipinski definition) is 0. The smallest absolute Gasteiger partial charge is 0.317 e. The predicted octanol–water partition coefficient (Wildman–Crippen LogP) is 1.79. The third-order valence-electron chi connectivity index (χ3n) is 6.27. The van der Waals surface area contributed by atoms with Crippen molar-refractivity contribution < 1.29 is 14.0 Å². The van der Waals surface area contributed by atoms with E-state index in [4.69, 9.17) is 4.42 Å². The zero-order valence-corrected chi connectivity index (χ0v) is 19.0. The van der Waals surface area contributed by atoms with Gasteiger partial charge in [-0.05, 0) is 29.8 Å². The number of carbonyl (C=O) groups is 2. The SMILES string of the molecule is O=C(Cn1c(=O)c(=O)n(Cc2ccccc2)c2ccccc21)N1CCN(C(=O)c2ccco2)CC1. The summed E-state index contributed by atoms with van der Waals surface area (Å²) in [5.74, 6) is -0.229. The van der Waals surface area contributed by atoms with Crippen LogP contribution in [0.25, 0.3) is 11.0 Å². The van der Waals surface area contributed by atoms with E-state index in [0.29, 0.717) is 37.2 Å². The topological polar surface area (TPSA) is 97.8 Å². The van der Waals surface area contributed by atoms with Gasteiger partial charge in [0.05, 0.1) is 23.8 Å². The fourth-order valence-corrected chi connectivity index (χ4v) is 4.40. The molecule has 9 heteroatoms. The van der Waals surface area contributed by atoms with Crippen LogP contribution in [0, 0.1) is 0 Å². The molecule has 0 N–H and O–H groups in total. The van der Waals surface area contributed by atoms with Crippen LogP contribution in [0.1, 0.15) is 16.1 Å². The molecular formula is C26H24N4O5. The highest BCUT2D eigenvalue weighted by Crippen LogP contribution is 2.14. The van der Waals surface area contributed by atoms with Crippen LogP contribution >= 0.6 is 0 Å². The quantitative estimate of drug-likeness (QED) is 0.413. The first-order chi connectivity index (χ1) is 17.0. The molecule has 0 saturated carbocycles. The van der Waals surface area contributed by atoms with E-state index in [0.717, 1.165) is 5.56 Å². The number of furan rings is 1. The molecule has 0 unspecified atom stereocenters. The minimum Gasteiger partial charge on any atom is -0.459 e. The summed E-state index contributed by atoms with van der Waals surface area (Å²) in [4.78, 5) is 54.9. The molecule has 0 radical (unpaired) electrons. The number of benzene rings is 2. The molecule has 0 bridgehead atoms. The van der Waals surface area contributed by atoms with Gasteiger partial charge in [0.15, 0.2) is 5.76 Å². The summed E-state index contributed by atoms with van der Waals surface area (Å²) in [7, 11) is 0. The molecule has 4 aromatic rings. The molecule has 0 spiro atoms. The first-order valence-corrected chi connectivity index (χ1v) is 11.4. The van der Waals surface area contributed by atoms with Crippen LogP contribution in [0.4, 0.5) is 0 Å². The fraction of sp³-hybridized carbons (Fsp3) is 0.231. The van der Waals surface area contributed by atoms with E-state index in [2.05, 4.69) is 0 Å². The molecule has 1 aliphatic rings. The molecule has 1 aliphatic heterocycles. The Morgan fingerprint density at radius 3 is 1.97 bits per heavy atom. The molecular weight excluding hydrogens is 448 g/mol. The standard InChI is InChI=1S/C26H24N4O5/c31-23(27-12-14-28(15-13-27)24(32)22-11-6-16-35-22)18-30-21-10-5-4-9-20(21)29(25(33)26(30)34)17-19-7-2-1-3-8-19/h1-11,16H,12-15,17-18H2. The number of nitrogens with zero attached hydrogens (tertiary/aromatic N) is 4. The highest BCUT2D eigenvalue weighted by molar-refractivity contribution is 5.91. The average Bonchev–Trinajstić information content (AvgIpc) is 3.44. The Morgan fingerprint density at radius 2 is 1.31 bits per heavy atom. The Labute approximate surface area is 200 Å². The van der Waals surface area contributed by atoms with Gasteiger partial charge in [-0.15, -0.1) is 0 Å². The van der Waals surface area contributed by atoms with Gasteiger partial charge in [0, 0.05) is 26.2 Å². The van der Waals surface area contributed by atoms with E-state index in [9.17, 15) is 19.2 Å². The zero-order chi connectivity index (χ0) is 24.4. The second-order valence-corrected chi connectivity index (χ2v) is 8.41. The molecule has 1 saturated heterocycles. The Morgan fingerprint density at radius 1 is 0.714 bits per heavy atom. The lowest BCUT2D eigenvalue weighted by Gasteiger charge is -2.34. The van der Waals surface area contributed by atoms with Crippen molar-refractivity contribution in [1.82, 2.24) is 18.9 Å². The van der Waals surface area contributed by atoms with Gasteiger partial charge in [-0.1, -0.05) is 42.5 Å². The highest BCUT2D eigenvalue weighted by atomic mass is 16.3. The summed E-state index contributed by atoms with van der Waals surface area (Å²) in [6.45, 7) is 1.41. The zero-order valence-electron chi connectivity index (χ0n) is 19.0. The normalized spacial score (nSPS) is 13.8. The van der Waals surface area contributed by atoms with E-state index in [-0.39, 0.29) is 30.7 Å². The molecule has 5 rings (SSSR count). The molecule has 0 atom stereocenters. The lowest BCUT2D eigenvalue weighted by atomic mass is 10.2. The van der Waals surface area contributed by atoms with Crippen molar-refractivity contribution in [2.75, 3.05) is 26.2 Å². The van der Waals surface area contributed by atoms with E-state index in [1.165, 1.54) is 15.4 Å². The van der Waals surface area contributed by atoms with Crippen LogP contribution in [0.5, 0.6) is 0 Å². The van der Waals surface area contributed by atoms with Crippen molar-refractivity contribution in [3.63, 3.8) is 0 Å². The molecule has 2 aromatic carbocycles. The third-order valence-corrected chi connectivity index (χ3v) is 6.27. The van der Waals surface area contributed by atoms with E-state index in [1.54, 1.807) is 46.2 Å². The van der Waals surface area contributed by atoms with Crippen molar-refractivity contribution >= 4 is 22.8 Å². The van der Waals surface area contributed by atoms with Crippen LogP contribution in [0.2, 0.25) is 0 Å². The molecule has 0 aliphatic carbocycles. The molecule has 2 aromatic heterocycles. The van der Waals surface area contributed by atoms with Gasteiger partial charge < -0.3 is 14.2 Å². The van der Waals surface area contributed by atoms with Crippen molar-refractivity contribution in [2.24, 2.45) is 0 Å². The number of piperazine rings is 1. The Kier molecular flexibility index (Phi) is 6.05. The third kappa shape index (κ3) is 4.40. The Hall–Kier alpha value is -4.40. The maximum absolute atomic E-state index is 13.1. The lowest BCUT2D eigenvalue weighted by Crippen LogP contribution is -2.52. The highest BCUT2D eigenvalue weighted by Gasteiger charge is 2.27. The van der Waals surface area contributed by atoms with Gasteiger partial charge in [0.2, 0.25) is 5.91 Å².